The lowest BCUT2D eigenvalue weighted by Gasteiger charge is -2.10. The molecule has 0 aliphatic carbocycles. The Hall–Kier alpha value is -2.63. The normalized spacial score (nSPS) is 10.4. The lowest BCUT2D eigenvalue weighted by molar-refractivity contribution is -0.137. The molecule has 0 saturated carbocycles. The number of ether oxygens (including phenoxy) is 1. The molecule has 0 fully saturated rings. The van der Waals surface area contributed by atoms with Crippen molar-refractivity contribution in [3.63, 3.8) is 0 Å². The fourth-order valence-corrected chi connectivity index (χ4v) is 1.75. The molecule has 0 aromatic heterocycles. The fourth-order valence-electron chi connectivity index (χ4n) is 1.75. The van der Waals surface area contributed by atoms with Crippen LogP contribution in [0.2, 0.25) is 0 Å². The molecule has 1 rings (SSSR count). The zero-order chi connectivity index (χ0) is 17.2. The molecule has 1 aromatic rings. The van der Waals surface area contributed by atoms with Crippen molar-refractivity contribution >= 4 is 23.5 Å². The largest absolute Gasteiger partial charge is 0.463 e. The monoisotopic (exact) mass is 318 g/mol. The van der Waals surface area contributed by atoms with Gasteiger partial charge < -0.3 is 15.0 Å². The van der Waals surface area contributed by atoms with Crippen LogP contribution in [-0.4, -0.2) is 43.4 Å². The maximum Gasteiger partial charge on any atom is 0.330 e. The van der Waals surface area contributed by atoms with E-state index >= 15 is 0 Å². The molecule has 6 heteroatoms. The van der Waals surface area contributed by atoms with Crippen LogP contribution in [0, 0.1) is 0 Å². The van der Waals surface area contributed by atoms with Gasteiger partial charge in [0.1, 0.15) is 0 Å². The van der Waals surface area contributed by atoms with E-state index in [9.17, 15) is 14.4 Å². The highest BCUT2D eigenvalue weighted by Gasteiger charge is 2.05. The summed E-state index contributed by atoms with van der Waals surface area (Å²) in [6.45, 7) is 1.96. The van der Waals surface area contributed by atoms with Crippen LogP contribution in [0.3, 0.4) is 0 Å². The van der Waals surface area contributed by atoms with E-state index < -0.39 is 11.9 Å². The molecule has 0 aliphatic rings. The topological polar surface area (TPSA) is 75.7 Å². The third-order valence-electron chi connectivity index (χ3n) is 3.01. The zero-order valence-corrected chi connectivity index (χ0v) is 13.7. The van der Waals surface area contributed by atoms with Gasteiger partial charge in [0.15, 0.2) is 0 Å². The molecular weight excluding hydrogens is 296 g/mol. The van der Waals surface area contributed by atoms with E-state index in [1.807, 2.05) is 12.1 Å². The van der Waals surface area contributed by atoms with Crippen LogP contribution in [0.25, 0.3) is 0 Å². The third-order valence-corrected chi connectivity index (χ3v) is 3.01. The van der Waals surface area contributed by atoms with Gasteiger partial charge >= 0.3 is 5.97 Å². The Morgan fingerprint density at radius 3 is 2.35 bits per heavy atom. The number of anilines is 1. The van der Waals surface area contributed by atoms with Crippen LogP contribution in [0.15, 0.2) is 36.4 Å². The van der Waals surface area contributed by atoms with E-state index in [2.05, 4.69) is 10.1 Å². The lowest BCUT2D eigenvalue weighted by Crippen LogP contribution is -2.21. The van der Waals surface area contributed by atoms with Gasteiger partial charge in [0, 0.05) is 38.4 Å². The molecular formula is C17H22N2O4. The van der Waals surface area contributed by atoms with E-state index in [1.54, 1.807) is 38.1 Å². The number of aryl methyl sites for hydroxylation is 1. The maximum absolute atomic E-state index is 11.6. The summed E-state index contributed by atoms with van der Waals surface area (Å²) in [5.74, 6) is -0.886. The molecule has 0 bridgehead atoms. The summed E-state index contributed by atoms with van der Waals surface area (Å²) in [5.41, 5.74) is 1.63. The first-order chi connectivity index (χ1) is 10.9. The molecule has 0 heterocycles. The maximum atomic E-state index is 11.6. The number of benzene rings is 1. The molecule has 0 spiro atoms. The SMILES string of the molecule is CCOC(=O)/C=C/C(=O)Nc1ccc(CCC(=O)N(C)C)cc1. The molecule has 0 radical (unpaired) electrons. The van der Waals surface area contributed by atoms with Crippen molar-refractivity contribution in [3.05, 3.63) is 42.0 Å². The van der Waals surface area contributed by atoms with Crippen molar-refractivity contribution in [2.45, 2.75) is 19.8 Å². The molecule has 1 N–H and O–H groups in total. The second-order valence-corrected chi connectivity index (χ2v) is 5.06. The minimum absolute atomic E-state index is 0.0754. The summed E-state index contributed by atoms with van der Waals surface area (Å²) in [6.07, 6.45) is 3.30. The van der Waals surface area contributed by atoms with Gasteiger partial charge in [0.25, 0.3) is 0 Å². The summed E-state index contributed by atoms with van der Waals surface area (Å²) in [7, 11) is 3.45. The van der Waals surface area contributed by atoms with Crippen molar-refractivity contribution in [3.8, 4) is 0 Å². The number of hydrogen-bond donors (Lipinski definition) is 1. The van der Waals surface area contributed by atoms with Crippen LogP contribution in [0.5, 0.6) is 0 Å². The predicted molar refractivity (Wildman–Crippen MR) is 87.9 cm³/mol. The van der Waals surface area contributed by atoms with E-state index in [-0.39, 0.29) is 12.5 Å². The molecule has 0 unspecified atom stereocenters. The first kappa shape index (κ1) is 18.4. The van der Waals surface area contributed by atoms with Gasteiger partial charge in [-0.1, -0.05) is 12.1 Å². The van der Waals surface area contributed by atoms with Crippen LogP contribution in [0.4, 0.5) is 5.69 Å². The average molecular weight is 318 g/mol. The highest BCUT2D eigenvalue weighted by atomic mass is 16.5. The summed E-state index contributed by atoms with van der Waals surface area (Å²) in [4.78, 5) is 35.8. The number of carbonyl (C=O) groups is 3. The fraction of sp³-hybridized carbons (Fsp3) is 0.353. The molecule has 1 aromatic carbocycles. The standard InChI is InChI=1S/C17H22N2O4/c1-4-23-17(22)12-10-15(20)18-14-8-5-13(6-9-14)7-11-16(21)19(2)3/h5-6,8-10,12H,4,7,11H2,1-3H3,(H,18,20)/b12-10+. The van der Waals surface area contributed by atoms with E-state index in [1.165, 1.54) is 0 Å². The number of nitrogens with one attached hydrogen (secondary N) is 1. The Kier molecular flexibility index (Phi) is 7.53. The first-order valence-electron chi connectivity index (χ1n) is 7.37. The summed E-state index contributed by atoms with van der Waals surface area (Å²) in [6, 6.07) is 7.22. The second-order valence-electron chi connectivity index (χ2n) is 5.06. The van der Waals surface area contributed by atoms with Gasteiger partial charge in [-0.05, 0) is 31.0 Å². The Bertz CT molecular complexity index is 577. The highest BCUT2D eigenvalue weighted by molar-refractivity contribution is 6.02. The Morgan fingerprint density at radius 1 is 1.13 bits per heavy atom. The molecule has 0 saturated heterocycles. The average Bonchev–Trinajstić information content (AvgIpc) is 2.52. The van der Waals surface area contributed by atoms with Crippen molar-refractivity contribution < 1.29 is 19.1 Å². The van der Waals surface area contributed by atoms with Gasteiger partial charge in [-0.15, -0.1) is 0 Å². The van der Waals surface area contributed by atoms with Crippen molar-refractivity contribution in [2.75, 3.05) is 26.0 Å². The quantitative estimate of drug-likeness (QED) is 0.614. The van der Waals surface area contributed by atoms with E-state index in [4.69, 9.17) is 0 Å². The first-order valence-corrected chi connectivity index (χ1v) is 7.37. The van der Waals surface area contributed by atoms with Crippen LogP contribution in [0.1, 0.15) is 18.9 Å². The smallest absolute Gasteiger partial charge is 0.330 e. The summed E-state index contributed by atoms with van der Waals surface area (Å²) < 4.78 is 4.68. The molecule has 0 atom stereocenters. The zero-order valence-electron chi connectivity index (χ0n) is 13.7. The molecule has 2 amide bonds. The van der Waals surface area contributed by atoms with Crippen molar-refractivity contribution in [1.82, 2.24) is 4.90 Å². The molecule has 6 nitrogen and oxygen atoms in total. The van der Waals surface area contributed by atoms with Gasteiger partial charge in [0.05, 0.1) is 6.61 Å². The van der Waals surface area contributed by atoms with E-state index in [0.29, 0.717) is 18.5 Å². The number of hydrogen-bond acceptors (Lipinski definition) is 4. The number of amides is 2. The minimum atomic E-state index is -0.552. The van der Waals surface area contributed by atoms with Crippen molar-refractivity contribution in [2.24, 2.45) is 0 Å². The van der Waals surface area contributed by atoms with Crippen LogP contribution < -0.4 is 5.32 Å². The Balaban J connectivity index is 2.49. The molecule has 23 heavy (non-hydrogen) atoms. The Labute approximate surface area is 136 Å². The van der Waals surface area contributed by atoms with Gasteiger partial charge in [0.2, 0.25) is 11.8 Å². The third kappa shape index (κ3) is 7.26. The van der Waals surface area contributed by atoms with Gasteiger partial charge in [-0.2, -0.15) is 0 Å². The van der Waals surface area contributed by atoms with Crippen LogP contribution in [-0.2, 0) is 25.5 Å². The van der Waals surface area contributed by atoms with Gasteiger partial charge in [-0.25, -0.2) is 4.79 Å². The van der Waals surface area contributed by atoms with Crippen LogP contribution >= 0.6 is 0 Å². The second kappa shape index (κ2) is 9.40. The summed E-state index contributed by atoms with van der Waals surface area (Å²) >= 11 is 0. The molecule has 124 valence electrons. The predicted octanol–water partition coefficient (Wildman–Crippen LogP) is 1.77. The lowest BCUT2D eigenvalue weighted by atomic mass is 10.1. The summed E-state index contributed by atoms with van der Waals surface area (Å²) in [5, 5.41) is 2.64. The highest BCUT2D eigenvalue weighted by Crippen LogP contribution is 2.11. The number of rotatable bonds is 7. The number of esters is 1. The van der Waals surface area contributed by atoms with Gasteiger partial charge in [-0.3, -0.25) is 9.59 Å². The number of carbonyl (C=O) groups excluding carboxylic acids is 3. The van der Waals surface area contributed by atoms with Crippen molar-refractivity contribution in [1.29, 1.82) is 0 Å². The number of nitrogens with zero attached hydrogens (tertiary/aromatic N) is 1. The minimum Gasteiger partial charge on any atom is -0.463 e. The Morgan fingerprint density at radius 2 is 1.78 bits per heavy atom. The molecule has 0 aliphatic heterocycles. The van der Waals surface area contributed by atoms with E-state index in [0.717, 1.165) is 17.7 Å².